The van der Waals surface area contributed by atoms with E-state index in [0.717, 1.165) is 10.4 Å². The molecule has 0 bridgehead atoms. The molecule has 90 valence electrons. The Morgan fingerprint density at radius 2 is 2.24 bits per heavy atom. The van der Waals surface area contributed by atoms with E-state index in [1.54, 1.807) is 17.4 Å². The molecule has 17 heavy (non-hydrogen) atoms. The summed E-state index contributed by atoms with van der Waals surface area (Å²) in [4.78, 5) is 1.10. The maximum absolute atomic E-state index is 13.2. The van der Waals surface area contributed by atoms with Crippen LogP contribution >= 0.6 is 11.3 Å². The van der Waals surface area contributed by atoms with Crippen molar-refractivity contribution in [1.82, 2.24) is 0 Å². The summed E-state index contributed by atoms with van der Waals surface area (Å²) >= 11 is 1.61. The molecule has 0 saturated heterocycles. The van der Waals surface area contributed by atoms with Crippen molar-refractivity contribution >= 4 is 11.3 Å². The first-order chi connectivity index (χ1) is 8.16. The van der Waals surface area contributed by atoms with Gasteiger partial charge in [-0.3, -0.25) is 0 Å². The molecule has 0 saturated carbocycles. The summed E-state index contributed by atoms with van der Waals surface area (Å²) in [6, 6.07) is 8.22. The van der Waals surface area contributed by atoms with Gasteiger partial charge in [0.15, 0.2) is 0 Å². The van der Waals surface area contributed by atoms with E-state index in [9.17, 15) is 4.39 Å². The molecule has 0 aliphatic rings. The Morgan fingerprint density at radius 3 is 2.88 bits per heavy atom. The van der Waals surface area contributed by atoms with E-state index in [1.165, 1.54) is 12.1 Å². The summed E-state index contributed by atoms with van der Waals surface area (Å²) in [6.45, 7) is 2.30. The summed E-state index contributed by atoms with van der Waals surface area (Å²) in [5.74, 6) is 0.212. The minimum absolute atomic E-state index is 0.172. The summed E-state index contributed by atoms with van der Waals surface area (Å²) in [7, 11) is 0. The molecule has 0 fully saturated rings. The number of ether oxygens (including phenoxy) is 1. The van der Waals surface area contributed by atoms with Gasteiger partial charge in [0.05, 0.1) is 0 Å². The number of benzene rings is 1. The highest BCUT2D eigenvalue weighted by Crippen LogP contribution is 2.26. The van der Waals surface area contributed by atoms with Crippen LogP contribution < -0.4 is 10.5 Å². The van der Waals surface area contributed by atoms with Crippen LogP contribution in [0.4, 0.5) is 4.39 Å². The normalized spacial score (nSPS) is 12.4. The highest BCUT2D eigenvalue weighted by Gasteiger charge is 2.09. The van der Waals surface area contributed by atoms with Crippen molar-refractivity contribution in [2.75, 3.05) is 0 Å². The van der Waals surface area contributed by atoms with E-state index >= 15 is 0 Å². The third-order valence-electron chi connectivity index (χ3n) is 2.42. The Bertz CT molecular complexity index is 482. The predicted molar refractivity (Wildman–Crippen MR) is 67.7 cm³/mol. The molecule has 0 aliphatic heterocycles. The van der Waals surface area contributed by atoms with Crippen molar-refractivity contribution in [3.8, 4) is 5.75 Å². The lowest BCUT2D eigenvalue weighted by Gasteiger charge is -2.13. The fourth-order valence-electron chi connectivity index (χ4n) is 1.55. The van der Waals surface area contributed by atoms with Gasteiger partial charge in [-0.1, -0.05) is 12.1 Å². The standard InChI is InChI=1S/C13H14FNOS/c1-9(15)12-5-4-10(14)7-13(12)16-8-11-3-2-6-17-11/h2-7,9H,8,15H2,1H3. The molecule has 1 heterocycles. The molecular weight excluding hydrogens is 237 g/mol. The number of rotatable bonds is 4. The highest BCUT2D eigenvalue weighted by molar-refractivity contribution is 7.09. The van der Waals surface area contributed by atoms with E-state index in [1.807, 2.05) is 24.4 Å². The zero-order valence-electron chi connectivity index (χ0n) is 9.52. The van der Waals surface area contributed by atoms with Gasteiger partial charge < -0.3 is 10.5 Å². The van der Waals surface area contributed by atoms with Crippen LogP contribution in [0.1, 0.15) is 23.4 Å². The van der Waals surface area contributed by atoms with Gasteiger partial charge in [0.25, 0.3) is 0 Å². The van der Waals surface area contributed by atoms with Crippen LogP contribution in [-0.4, -0.2) is 0 Å². The lowest BCUT2D eigenvalue weighted by molar-refractivity contribution is 0.303. The molecule has 1 aromatic carbocycles. The Kier molecular flexibility index (Phi) is 3.76. The molecule has 0 radical (unpaired) electrons. The molecule has 0 aliphatic carbocycles. The van der Waals surface area contributed by atoms with Crippen LogP contribution in [0.5, 0.6) is 5.75 Å². The third-order valence-corrected chi connectivity index (χ3v) is 3.27. The zero-order valence-corrected chi connectivity index (χ0v) is 10.3. The molecule has 2 aromatic rings. The van der Waals surface area contributed by atoms with E-state index in [4.69, 9.17) is 10.5 Å². The summed E-state index contributed by atoms with van der Waals surface area (Å²) < 4.78 is 18.8. The summed E-state index contributed by atoms with van der Waals surface area (Å²) in [5, 5.41) is 1.98. The fourth-order valence-corrected chi connectivity index (χ4v) is 2.17. The molecule has 0 spiro atoms. The van der Waals surface area contributed by atoms with E-state index in [2.05, 4.69) is 0 Å². The molecule has 1 unspecified atom stereocenters. The van der Waals surface area contributed by atoms with Crippen molar-refractivity contribution in [3.63, 3.8) is 0 Å². The first-order valence-corrected chi connectivity index (χ1v) is 6.25. The van der Waals surface area contributed by atoms with Gasteiger partial charge in [-0.05, 0) is 24.4 Å². The van der Waals surface area contributed by atoms with Crippen molar-refractivity contribution in [3.05, 3.63) is 52.0 Å². The van der Waals surface area contributed by atoms with Gasteiger partial charge >= 0.3 is 0 Å². The molecule has 1 aromatic heterocycles. The fraction of sp³-hybridized carbons (Fsp3) is 0.231. The Morgan fingerprint density at radius 1 is 1.41 bits per heavy atom. The molecule has 2 N–H and O–H groups in total. The van der Waals surface area contributed by atoms with Gasteiger partial charge in [-0.25, -0.2) is 4.39 Å². The SMILES string of the molecule is CC(N)c1ccc(F)cc1OCc1cccs1. The maximum atomic E-state index is 13.2. The highest BCUT2D eigenvalue weighted by atomic mass is 32.1. The van der Waals surface area contributed by atoms with Gasteiger partial charge in [0, 0.05) is 22.5 Å². The first-order valence-electron chi connectivity index (χ1n) is 5.37. The first kappa shape index (κ1) is 12.1. The third kappa shape index (κ3) is 3.05. The molecule has 2 rings (SSSR count). The monoisotopic (exact) mass is 251 g/mol. The Labute approximate surface area is 104 Å². The molecule has 0 amide bonds. The Hall–Kier alpha value is -1.39. The van der Waals surface area contributed by atoms with Gasteiger partial charge in [-0.2, -0.15) is 0 Å². The van der Waals surface area contributed by atoms with Crippen LogP contribution in [0, 0.1) is 5.82 Å². The number of halogens is 1. The van der Waals surface area contributed by atoms with E-state index in [0.29, 0.717) is 12.4 Å². The predicted octanol–water partition coefficient (Wildman–Crippen LogP) is 3.49. The second-order valence-electron chi connectivity index (χ2n) is 3.84. The summed E-state index contributed by atoms with van der Waals surface area (Å²) in [5.41, 5.74) is 6.64. The van der Waals surface area contributed by atoms with Gasteiger partial charge in [0.1, 0.15) is 18.2 Å². The molecule has 2 nitrogen and oxygen atoms in total. The summed E-state index contributed by atoms with van der Waals surface area (Å²) in [6.07, 6.45) is 0. The molecule has 1 atom stereocenters. The number of hydrogen-bond acceptors (Lipinski definition) is 3. The van der Waals surface area contributed by atoms with Crippen LogP contribution in [-0.2, 0) is 6.61 Å². The van der Waals surface area contributed by atoms with Gasteiger partial charge in [0.2, 0.25) is 0 Å². The second-order valence-corrected chi connectivity index (χ2v) is 4.87. The number of nitrogens with two attached hydrogens (primary N) is 1. The van der Waals surface area contributed by atoms with Gasteiger partial charge in [-0.15, -0.1) is 11.3 Å². The Balaban J connectivity index is 2.16. The average molecular weight is 251 g/mol. The van der Waals surface area contributed by atoms with Crippen LogP contribution in [0.15, 0.2) is 35.7 Å². The number of hydrogen-bond donors (Lipinski definition) is 1. The topological polar surface area (TPSA) is 35.2 Å². The lowest BCUT2D eigenvalue weighted by Crippen LogP contribution is -2.08. The largest absolute Gasteiger partial charge is 0.488 e. The van der Waals surface area contributed by atoms with Crippen LogP contribution in [0.25, 0.3) is 0 Å². The maximum Gasteiger partial charge on any atom is 0.127 e. The smallest absolute Gasteiger partial charge is 0.127 e. The minimum Gasteiger partial charge on any atom is -0.488 e. The van der Waals surface area contributed by atoms with Crippen molar-refractivity contribution in [2.24, 2.45) is 5.73 Å². The minimum atomic E-state index is -0.310. The quantitative estimate of drug-likeness (QED) is 0.902. The van der Waals surface area contributed by atoms with Crippen molar-refractivity contribution in [1.29, 1.82) is 0 Å². The lowest BCUT2D eigenvalue weighted by atomic mass is 10.1. The number of thiophene rings is 1. The van der Waals surface area contributed by atoms with E-state index in [-0.39, 0.29) is 11.9 Å². The second kappa shape index (κ2) is 5.29. The molecular formula is C13H14FNOS. The van der Waals surface area contributed by atoms with Crippen LogP contribution in [0.2, 0.25) is 0 Å². The van der Waals surface area contributed by atoms with Crippen molar-refractivity contribution in [2.45, 2.75) is 19.6 Å². The van der Waals surface area contributed by atoms with Crippen LogP contribution in [0.3, 0.4) is 0 Å². The average Bonchev–Trinajstić information content (AvgIpc) is 2.78. The molecule has 4 heteroatoms. The van der Waals surface area contributed by atoms with E-state index < -0.39 is 0 Å². The zero-order chi connectivity index (χ0) is 12.3. The van der Waals surface area contributed by atoms with Crippen molar-refractivity contribution < 1.29 is 9.13 Å².